The minimum Gasteiger partial charge on any atom is -0.309 e. The lowest BCUT2D eigenvalue weighted by Crippen LogP contribution is -1.93. The third-order valence-corrected chi connectivity index (χ3v) is 7.89. The van der Waals surface area contributed by atoms with Crippen molar-refractivity contribution in [1.82, 2.24) is 4.57 Å². The molecule has 0 saturated carbocycles. The van der Waals surface area contributed by atoms with E-state index in [1.54, 1.807) is 0 Å². The Bertz CT molecular complexity index is 2000. The minimum atomic E-state index is 0.917. The van der Waals surface area contributed by atoms with E-state index in [1.165, 1.54) is 49.6 Å². The highest BCUT2D eigenvalue weighted by molar-refractivity contribution is 6.09. The topological polar surface area (TPSA) is 4.93 Å². The summed E-state index contributed by atoms with van der Waals surface area (Å²) >= 11 is 0. The van der Waals surface area contributed by atoms with E-state index in [1.807, 2.05) is 12.1 Å². The predicted octanol–water partition coefficient (Wildman–Crippen LogP) is 11.0. The molecule has 0 aliphatic carbocycles. The van der Waals surface area contributed by atoms with Gasteiger partial charge in [0.1, 0.15) is 0 Å². The highest BCUT2D eigenvalue weighted by Gasteiger charge is 2.12. The van der Waals surface area contributed by atoms with Crippen molar-refractivity contribution in [2.45, 2.75) is 0 Å². The lowest BCUT2D eigenvalue weighted by Gasteiger charge is -2.13. The predicted molar refractivity (Wildman–Crippen MR) is 176 cm³/mol. The van der Waals surface area contributed by atoms with E-state index in [2.05, 4.69) is 157 Å². The molecule has 0 N–H and O–H groups in total. The van der Waals surface area contributed by atoms with E-state index in [0.29, 0.717) is 0 Å². The minimum absolute atomic E-state index is 0.917. The molecule has 1 aromatic heterocycles. The third kappa shape index (κ3) is 4.48. The van der Waals surface area contributed by atoms with Crippen LogP contribution in [0, 0.1) is 0 Å². The number of hydrogen-bond acceptors (Lipinski definition) is 0. The van der Waals surface area contributed by atoms with Gasteiger partial charge < -0.3 is 4.57 Å². The molecule has 0 unspecified atom stereocenters. The molecule has 0 aliphatic rings. The molecule has 194 valence electrons. The van der Waals surface area contributed by atoms with Gasteiger partial charge in [-0.05, 0) is 93.0 Å². The quantitative estimate of drug-likeness (QED) is 0.191. The fourth-order valence-corrected chi connectivity index (χ4v) is 5.78. The van der Waals surface area contributed by atoms with Crippen molar-refractivity contribution in [3.05, 3.63) is 170 Å². The summed E-state index contributed by atoms with van der Waals surface area (Å²) in [4.78, 5) is 0. The second-order valence-corrected chi connectivity index (χ2v) is 10.4. The van der Waals surface area contributed by atoms with Gasteiger partial charge in [0.2, 0.25) is 0 Å². The molecule has 7 aromatic rings. The Kier molecular flexibility index (Phi) is 6.18. The van der Waals surface area contributed by atoms with Crippen LogP contribution in [-0.4, -0.2) is 4.57 Å². The highest BCUT2D eigenvalue weighted by atomic mass is 15.0. The molecule has 6 aromatic carbocycles. The number of aromatic nitrogens is 1. The summed E-state index contributed by atoms with van der Waals surface area (Å²) in [6.07, 6.45) is 1.82. The van der Waals surface area contributed by atoms with Crippen molar-refractivity contribution in [2.24, 2.45) is 0 Å². The number of allylic oxidation sites excluding steroid dienone is 2. The molecule has 7 rings (SSSR count). The number of hydrogen-bond donors (Lipinski definition) is 0. The summed E-state index contributed by atoms with van der Waals surface area (Å²) in [5, 5.41) is 2.55. The van der Waals surface area contributed by atoms with Crippen molar-refractivity contribution in [3.63, 3.8) is 0 Å². The van der Waals surface area contributed by atoms with Crippen LogP contribution in [0.4, 0.5) is 0 Å². The van der Waals surface area contributed by atoms with E-state index < -0.39 is 0 Å². The SMILES string of the molecule is C=CC(=C)c1cc(-c2ccccc2)cc(-c2cccc(-c3ccc(-n4c5ccccc5c5ccccc54)cc3)c2)c1. The molecule has 0 spiro atoms. The Morgan fingerprint density at radius 1 is 0.463 bits per heavy atom. The fraction of sp³-hybridized carbons (Fsp3) is 0. The van der Waals surface area contributed by atoms with Gasteiger partial charge in [0, 0.05) is 16.5 Å². The molecule has 0 bridgehead atoms. The van der Waals surface area contributed by atoms with Gasteiger partial charge in [-0.1, -0.05) is 116 Å². The Labute approximate surface area is 241 Å². The van der Waals surface area contributed by atoms with Gasteiger partial charge in [-0.15, -0.1) is 0 Å². The van der Waals surface area contributed by atoms with Crippen LogP contribution in [0.1, 0.15) is 5.56 Å². The summed E-state index contributed by atoms with van der Waals surface area (Å²) in [7, 11) is 0. The van der Waals surface area contributed by atoms with Gasteiger partial charge >= 0.3 is 0 Å². The second kappa shape index (κ2) is 10.3. The fourth-order valence-electron chi connectivity index (χ4n) is 5.78. The van der Waals surface area contributed by atoms with Gasteiger partial charge in [-0.2, -0.15) is 0 Å². The van der Waals surface area contributed by atoms with Crippen LogP contribution in [0.15, 0.2) is 165 Å². The van der Waals surface area contributed by atoms with E-state index in [4.69, 9.17) is 0 Å². The molecule has 1 nitrogen and oxygen atoms in total. The van der Waals surface area contributed by atoms with E-state index in [-0.39, 0.29) is 0 Å². The summed E-state index contributed by atoms with van der Waals surface area (Å²) in [5.41, 5.74) is 12.7. The largest absolute Gasteiger partial charge is 0.309 e. The van der Waals surface area contributed by atoms with E-state index >= 15 is 0 Å². The molecule has 1 heterocycles. The first kappa shape index (κ1) is 24.6. The first-order valence-corrected chi connectivity index (χ1v) is 13.9. The first-order chi connectivity index (χ1) is 20.2. The average molecular weight is 524 g/mol. The van der Waals surface area contributed by atoms with Crippen LogP contribution in [0.2, 0.25) is 0 Å². The van der Waals surface area contributed by atoms with Gasteiger partial charge in [-0.3, -0.25) is 0 Å². The number of nitrogens with zero attached hydrogens (tertiary/aromatic N) is 1. The van der Waals surface area contributed by atoms with Crippen LogP contribution >= 0.6 is 0 Å². The normalized spacial score (nSPS) is 11.1. The van der Waals surface area contributed by atoms with Gasteiger partial charge in [0.15, 0.2) is 0 Å². The monoisotopic (exact) mass is 523 g/mol. The molecule has 0 atom stereocenters. The number of fused-ring (bicyclic) bond motifs is 3. The molecule has 0 saturated heterocycles. The second-order valence-electron chi connectivity index (χ2n) is 10.4. The summed E-state index contributed by atoms with van der Waals surface area (Å²) in [6, 6.07) is 52.1. The molecule has 1 heteroatoms. The van der Waals surface area contributed by atoms with E-state index in [9.17, 15) is 0 Å². The van der Waals surface area contributed by atoms with Crippen molar-refractivity contribution in [3.8, 4) is 39.1 Å². The smallest absolute Gasteiger partial charge is 0.0541 e. The molecular formula is C40H29N. The number of rotatable bonds is 6. The summed E-state index contributed by atoms with van der Waals surface area (Å²) in [6.45, 7) is 8.18. The van der Waals surface area contributed by atoms with Crippen molar-refractivity contribution >= 4 is 27.4 Å². The molecule has 0 aliphatic heterocycles. The van der Waals surface area contributed by atoms with Gasteiger partial charge in [0.25, 0.3) is 0 Å². The summed E-state index contributed by atoms with van der Waals surface area (Å²) in [5.74, 6) is 0. The van der Waals surface area contributed by atoms with Crippen molar-refractivity contribution < 1.29 is 0 Å². The molecule has 0 radical (unpaired) electrons. The Balaban J connectivity index is 1.29. The zero-order valence-corrected chi connectivity index (χ0v) is 22.8. The zero-order chi connectivity index (χ0) is 27.8. The Hall–Kier alpha value is -5.40. The van der Waals surface area contributed by atoms with Crippen LogP contribution in [-0.2, 0) is 0 Å². The van der Waals surface area contributed by atoms with Crippen LogP contribution in [0.5, 0.6) is 0 Å². The molecule has 0 fully saturated rings. The van der Waals surface area contributed by atoms with Crippen LogP contribution in [0.3, 0.4) is 0 Å². The highest BCUT2D eigenvalue weighted by Crippen LogP contribution is 2.35. The third-order valence-electron chi connectivity index (χ3n) is 7.89. The van der Waals surface area contributed by atoms with Gasteiger partial charge in [0.05, 0.1) is 11.0 Å². The lowest BCUT2D eigenvalue weighted by atomic mass is 9.92. The van der Waals surface area contributed by atoms with Crippen molar-refractivity contribution in [1.29, 1.82) is 0 Å². The maximum Gasteiger partial charge on any atom is 0.0541 e. The molecule has 0 amide bonds. The Morgan fingerprint density at radius 3 is 1.59 bits per heavy atom. The lowest BCUT2D eigenvalue weighted by molar-refractivity contribution is 1.18. The van der Waals surface area contributed by atoms with Gasteiger partial charge in [-0.25, -0.2) is 0 Å². The van der Waals surface area contributed by atoms with Crippen LogP contribution < -0.4 is 0 Å². The summed E-state index contributed by atoms with van der Waals surface area (Å²) < 4.78 is 2.36. The first-order valence-electron chi connectivity index (χ1n) is 13.9. The van der Waals surface area contributed by atoms with Crippen LogP contribution in [0.25, 0.3) is 66.4 Å². The van der Waals surface area contributed by atoms with E-state index in [0.717, 1.165) is 22.4 Å². The maximum atomic E-state index is 4.23. The zero-order valence-electron chi connectivity index (χ0n) is 22.8. The standard InChI is InChI=1S/C40H29N/c1-3-28(2)33-25-34(29-12-5-4-6-13-29)27-35(26-33)32-15-11-14-31(24-32)30-20-22-36(23-21-30)41-39-18-9-7-16-37(39)38-17-8-10-19-40(38)41/h3-27H,1-2H2. The molecular weight excluding hydrogens is 494 g/mol. The molecule has 41 heavy (non-hydrogen) atoms. The average Bonchev–Trinajstić information content (AvgIpc) is 3.39. The number of para-hydroxylation sites is 2. The Morgan fingerprint density at radius 2 is 0.951 bits per heavy atom. The maximum absolute atomic E-state index is 4.23. The number of benzene rings is 6. The van der Waals surface area contributed by atoms with Crippen molar-refractivity contribution in [2.75, 3.05) is 0 Å².